The Bertz CT molecular complexity index is 794. The molecule has 0 amide bonds. The van der Waals surface area contributed by atoms with Crippen molar-refractivity contribution in [2.75, 3.05) is 0 Å². The van der Waals surface area contributed by atoms with E-state index in [2.05, 4.69) is 0 Å². The predicted molar refractivity (Wildman–Crippen MR) is 99.0 cm³/mol. The van der Waals surface area contributed by atoms with Crippen molar-refractivity contribution in [3.8, 4) is 0 Å². The first-order valence-electron chi connectivity index (χ1n) is 8.62. The summed E-state index contributed by atoms with van der Waals surface area (Å²) in [6.07, 6.45) is 3.67. The Morgan fingerprint density at radius 2 is 1.85 bits per heavy atom. The standard InChI is InChI=1S/C22H21FO3/c23-20-12-10-19(11-13-20)18-8-6-16(7-9-18)14-21(24)22(25)26-15-17-4-2-1-3-5-17/h1-12,20-21,24H,13-15H2/t20?,21-/m1/s1. The van der Waals surface area contributed by atoms with Crippen molar-refractivity contribution in [2.45, 2.75) is 31.7 Å². The van der Waals surface area contributed by atoms with Crippen LogP contribution in [0.25, 0.3) is 5.57 Å². The molecule has 2 aromatic carbocycles. The summed E-state index contributed by atoms with van der Waals surface area (Å²) in [6.45, 7) is 0.145. The lowest BCUT2D eigenvalue weighted by molar-refractivity contribution is -0.154. The SMILES string of the molecule is O=C(OCc1ccccc1)[C@H](O)Cc1ccc(C2=CCC(F)C=C2)cc1. The molecule has 0 fully saturated rings. The van der Waals surface area contributed by atoms with Gasteiger partial charge in [0.05, 0.1) is 0 Å². The average Bonchev–Trinajstić information content (AvgIpc) is 2.68. The van der Waals surface area contributed by atoms with E-state index in [4.69, 9.17) is 4.74 Å². The topological polar surface area (TPSA) is 46.5 Å². The molecule has 134 valence electrons. The summed E-state index contributed by atoms with van der Waals surface area (Å²) in [7, 11) is 0. The van der Waals surface area contributed by atoms with Gasteiger partial charge < -0.3 is 9.84 Å². The fraction of sp³-hybridized carbons (Fsp3) is 0.227. The second-order valence-electron chi connectivity index (χ2n) is 6.28. The lowest BCUT2D eigenvalue weighted by Gasteiger charge is -2.13. The number of halogens is 1. The summed E-state index contributed by atoms with van der Waals surface area (Å²) >= 11 is 0. The first-order valence-corrected chi connectivity index (χ1v) is 8.62. The molecule has 1 unspecified atom stereocenters. The van der Waals surface area contributed by atoms with Gasteiger partial charge in [0.25, 0.3) is 0 Å². The zero-order chi connectivity index (χ0) is 18.4. The molecule has 0 radical (unpaired) electrons. The number of aliphatic hydroxyl groups excluding tert-OH is 1. The largest absolute Gasteiger partial charge is 0.459 e. The molecular formula is C22H21FO3. The first kappa shape index (κ1) is 18.1. The van der Waals surface area contributed by atoms with E-state index in [0.717, 1.165) is 22.3 Å². The van der Waals surface area contributed by atoms with E-state index in [1.807, 2.05) is 60.7 Å². The molecule has 1 N–H and O–H groups in total. The highest BCUT2D eigenvalue weighted by atomic mass is 19.1. The molecule has 3 rings (SSSR count). The van der Waals surface area contributed by atoms with Gasteiger partial charge in [-0.25, -0.2) is 9.18 Å². The Labute approximate surface area is 152 Å². The lowest BCUT2D eigenvalue weighted by Crippen LogP contribution is -2.25. The van der Waals surface area contributed by atoms with Crippen LogP contribution in [-0.4, -0.2) is 23.4 Å². The number of hydrogen-bond donors (Lipinski definition) is 1. The summed E-state index contributed by atoms with van der Waals surface area (Å²) in [5.74, 6) is -0.634. The number of hydrogen-bond acceptors (Lipinski definition) is 3. The summed E-state index contributed by atoms with van der Waals surface area (Å²) in [4.78, 5) is 11.9. The van der Waals surface area contributed by atoms with Crippen LogP contribution < -0.4 is 0 Å². The van der Waals surface area contributed by atoms with Gasteiger partial charge in [-0.2, -0.15) is 0 Å². The molecule has 3 nitrogen and oxygen atoms in total. The van der Waals surface area contributed by atoms with Crippen LogP contribution in [0.1, 0.15) is 23.1 Å². The molecule has 4 heteroatoms. The minimum absolute atomic E-state index is 0.145. The van der Waals surface area contributed by atoms with Crippen LogP contribution in [0, 0.1) is 0 Å². The minimum Gasteiger partial charge on any atom is -0.459 e. The third kappa shape index (κ3) is 4.90. The van der Waals surface area contributed by atoms with E-state index in [1.165, 1.54) is 0 Å². The van der Waals surface area contributed by atoms with E-state index in [1.54, 1.807) is 12.2 Å². The van der Waals surface area contributed by atoms with Gasteiger partial charge in [0.15, 0.2) is 6.10 Å². The Morgan fingerprint density at radius 3 is 2.50 bits per heavy atom. The van der Waals surface area contributed by atoms with Crippen LogP contribution in [-0.2, 0) is 22.6 Å². The van der Waals surface area contributed by atoms with Crippen LogP contribution in [0.3, 0.4) is 0 Å². The molecule has 0 saturated heterocycles. The van der Waals surface area contributed by atoms with Crippen LogP contribution in [0.4, 0.5) is 4.39 Å². The van der Waals surface area contributed by atoms with Crippen LogP contribution in [0.2, 0.25) is 0 Å². The number of carbonyl (C=O) groups is 1. The van der Waals surface area contributed by atoms with Crippen molar-refractivity contribution in [3.05, 3.63) is 89.5 Å². The number of allylic oxidation sites excluding steroid dienone is 4. The molecule has 0 heterocycles. The molecule has 0 spiro atoms. The fourth-order valence-electron chi connectivity index (χ4n) is 2.77. The molecule has 1 aliphatic carbocycles. The molecule has 26 heavy (non-hydrogen) atoms. The minimum atomic E-state index is -1.20. The molecule has 2 atom stereocenters. The zero-order valence-electron chi connectivity index (χ0n) is 14.3. The third-order valence-corrected chi connectivity index (χ3v) is 4.26. The van der Waals surface area contributed by atoms with Gasteiger partial charge >= 0.3 is 5.97 Å². The molecular weight excluding hydrogens is 331 g/mol. The van der Waals surface area contributed by atoms with Gasteiger partial charge in [-0.05, 0) is 28.3 Å². The number of rotatable bonds is 6. The van der Waals surface area contributed by atoms with E-state index in [0.29, 0.717) is 6.42 Å². The quantitative estimate of drug-likeness (QED) is 0.799. The number of alkyl halides is 1. The summed E-state index contributed by atoms with van der Waals surface area (Å²) < 4.78 is 18.3. The van der Waals surface area contributed by atoms with Crippen molar-refractivity contribution < 1.29 is 19.0 Å². The van der Waals surface area contributed by atoms with Crippen LogP contribution >= 0.6 is 0 Å². The maximum Gasteiger partial charge on any atom is 0.335 e. The highest BCUT2D eigenvalue weighted by Gasteiger charge is 2.17. The van der Waals surface area contributed by atoms with Crippen LogP contribution in [0.5, 0.6) is 0 Å². The molecule has 1 aliphatic rings. The summed E-state index contributed by atoms with van der Waals surface area (Å²) in [6, 6.07) is 16.9. The highest BCUT2D eigenvalue weighted by Crippen LogP contribution is 2.23. The second-order valence-corrected chi connectivity index (χ2v) is 6.28. The molecule has 0 aliphatic heterocycles. The number of carbonyl (C=O) groups excluding carboxylic acids is 1. The van der Waals surface area contributed by atoms with Gasteiger partial charge in [-0.3, -0.25) is 0 Å². The smallest absolute Gasteiger partial charge is 0.335 e. The number of benzene rings is 2. The molecule has 0 bridgehead atoms. The van der Waals surface area contributed by atoms with Gasteiger partial charge in [0.1, 0.15) is 12.8 Å². The number of ether oxygens (including phenoxy) is 1. The van der Waals surface area contributed by atoms with E-state index in [9.17, 15) is 14.3 Å². The van der Waals surface area contributed by atoms with Gasteiger partial charge in [0.2, 0.25) is 0 Å². The normalized spacial score (nSPS) is 17.5. The van der Waals surface area contributed by atoms with E-state index < -0.39 is 18.2 Å². The Morgan fingerprint density at radius 1 is 1.12 bits per heavy atom. The maximum atomic E-state index is 13.1. The van der Waals surface area contributed by atoms with Gasteiger partial charge in [-0.15, -0.1) is 0 Å². The van der Waals surface area contributed by atoms with Crippen molar-refractivity contribution in [3.63, 3.8) is 0 Å². The molecule has 2 aromatic rings. The summed E-state index contributed by atoms with van der Waals surface area (Å²) in [5, 5.41) is 10.1. The van der Waals surface area contributed by atoms with E-state index in [-0.39, 0.29) is 13.0 Å². The fourth-order valence-corrected chi connectivity index (χ4v) is 2.77. The molecule has 0 saturated carbocycles. The monoisotopic (exact) mass is 352 g/mol. The van der Waals surface area contributed by atoms with E-state index >= 15 is 0 Å². The Hall–Kier alpha value is -2.72. The third-order valence-electron chi connectivity index (χ3n) is 4.26. The van der Waals surface area contributed by atoms with Crippen molar-refractivity contribution >= 4 is 11.5 Å². The Kier molecular flexibility index (Phi) is 5.97. The number of esters is 1. The zero-order valence-corrected chi connectivity index (χ0v) is 14.3. The highest BCUT2D eigenvalue weighted by molar-refractivity contribution is 5.76. The number of aliphatic hydroxyl groups is 1. The van der Waals surface area contributed by atoms with Crippen molar-refractivity contribution in [1.82, 2.24) is 0 Å². The lowest BCUT2D eigenvalue weighted by atomic mass is 9.97. The van der Waals surface area contributed by atoms with Gasteiger partial charge in [0, 0.05) is 12.8 Å². The first-order chi connectivity index (χ1) is 12.6. The van der Waals surface area contributed by atoms with Crippen molar-refractivity contribution in [2.24, 2.45) is 0 Å². The predicted octanol–water partition coefficient (Wildman–Crippen LogP) is 4.01. The Balaban J connectivity index is 1.53. The van der Waals surface area contributed by atoms with Crippen molar-refractivity contribution in [1.29, 1.82) is 0 Å². The molecule has 0 aromatic heterocycles. The maximum absolute atomic E-state index is 13.1. The van der Waals surface area contributed by atoms with Crippen LogP contribution in [0.15, 0.2) is 72.8 Å². The second kappa shape index (κ2) is 8.59. The van der Waals surface area contributed by atoms with Gasteiger partial charge in [-0.1, -0.05) is 66.7 Å². The average molecular weight is 352 g/mol. The summed E-state index contributed by atoms with van der Waals surface area (Å²) in [5.41, 5.74) is 3.68.